The Hall–Kier alpha value is -2.48. The number of carbonyl (C=O) groups is 1. The van der Waals surface area contributed by atoms with Crippen LogP contribution in [0.5, 0.6) is 0 Å². The maximum Gasteiger partial charge on any atom is 0.326 e. The maximum atomic E-state index is 12.6. The first-order valence-electron chi connectivity index (χ1n) is 8.06. The molecule has 4 rings (SSSR count). The van der Waals surface area contributed by atoms with Crippen LogP contribution >= 0.6 is 34.5 Å². The van der Waals surface area contributed by atoms with Crippen molar-refractivity contribution in [2.75, 3.05) is 27.9 Å². The lowest BCUT2D eigenvalue weighted by atomic mass is 10.2. The Morgan fingerprint density at radius 2 is 2.00 bits per heavy atom. The van der Waals surface area contributed by atoms with Crippen LogP contribution in [0.2, 0.25) is 10.0 Å². The summed E-state index contributed by atoms with van der Waals surface area (Å²) in [5, 5.41) is 12.5. The monoisotopic (exact) mass is 419 g/mol. The van der Waals surface area contributed by atoms with Gasteiger partial charge in [-0.25, -0.2) is 9.78 Å². The van der Waals surface area contributed by atoms with E-state index in [4.69, 9.17) is 23.2 Å². The molecule has 6 nitrogen and oxygen atoms in total. The molecule has 1 aliphatic rings. The first kappa shape index (κ1) is 17.9. The van der Waals surface area contributed by atoms with Gasteiger partial charge in [-0.1, -0.05) is 23.2 Å². The molecule has 0 saturated carbocycles. The molecule has 3 aromatic rings. The summed E-state index contributed by atoms with van der Waals surface area (Å²) in [5.74, 6) is 0. The summed E-state index contributed by atoms with van der Waals surface area (Å²) in [5.41, 5.74) is 5.83. The molecule has 2 heterocycles. The van der Waals surface area contributed by atoms with E-state index in [1.807, 2.05) is 23.6 Å². The quantitative estimate of drug-likeness (QED) is 0.512. The number of urea groups is 1. The Morgan fingerprint density at radius 3 is 2.74 bits per heavy atom. The summed E-state index contributed by atoms with van der Waals surface area (Å²) in [6, 6.07) is 10.3. The average molecular weight is 420 g/mol. The summed E-state index contributed by atoms with van der Waals surface area (Å²) < 4.78 is 0. The second-order valence-electron chi connectivity index (χ2n) is 5.98. The van der Waals surface area contributed by atoms with Gasteiger partial charge in [-0.05, 0) is 36.4 Å². The van der Waals surface area contributed by atoms with Crippen molar-refractivity contribution < 1.29 is 4.79 Å². The topological polar surface area (TPSA) is 69.3 Å². The molecule has 0 spiro atoms. The van der Waals surface area contributed by atoms with Gasteiger partial charge in [0.1, 0.15) is 6.17 Å². The van der Waals surface area contributed by atoms with E-state index < -0.39 is 0 Å². The van der Waals surface area contributed by atoms with Crippen LogP contribution in [-0.2, 0) is 0 Å². The highest BCUT2D eigenvalue weighted by molar-refractivity contribution is 7.07. The molecular weight excluding hydrogens is 405 g/mol. The predicted molar refractivity (Wildman–Crippen MR) is 112 cm³/mol. The molecule has 0 saturated heterocycles. The third kappa shape index (κ3) is 3.66. The molecule has 2 amide bonds. The van der Waals surface area contributed by atoms with Gasteiger partial charge < -0.3 is 16.0 Å². The molecule has 0 radical (unpaired) electrons. The second kappa shape index (κ2) is 7.26. The lowest BCUT2D eigenvalue weighted by molar-refractivity contribution is 0.258. The smallest absolute Gasteiger partial charge is 0.326 e. The normalized spacial score (nSPS) is 14.9. The van der Waals surface area contributed by atoms with Gasteiger partial charge in [0.15, 0.2) is 0 Å². The number of hydrogen-bond acceptors (Lipinski definition) is 5. The zero-order chi connectivity index (χ0) is 19.0. The number of halogens is 2. The molecule has 1 atom stereocenters. The van der Waals surface area contributed by atoms with Crippen molar-refractivity contribution in [3.8, 4) is 0 Å². The van der Waals surface area contributed by atoms with Crippen LogP contribution in [0.4, 0.5) is 27.5 Å². The number of anilines is 4. The molecule has 2 aromatic carbocycles. The minimum absolute atomic E-state index is 0.0762. The van der Waals surface area contributed by atoms with Gasteiger partial charge in [0.05, 0.1) is 33.3 Å². The van der Waals surface area contributed by atoms with Crippen molar-refractivity contribution in [3.63, 3.8) is 0 Å². The Balaban J connectivity index is 1.48. The number of fused-ring (bicyclic) bond motifs is 1. The molecule has 0 bridgehead atoms. The third-order valence-corrected chi connectivity index (χ3v) is 5.34. The van der Waals surface area contributed by atoms with Crippen molar-refractivity contribution in [3.05, 3.63) is 63.0 Å². The van der Waals surface area contributed by atoms with E-state index >= 15 is 0 Å². The standard InChI is InChI=1S/C18H15Cl2N5OS/c1-25(16-5-2-10(19)6-12(16)20)18(26)22-11-3-4-13-14(7-11)24-17(23-13)15-8-27-9-21-15/h2-9,17,23-24H,1H3,(H,22,26). The third-order valence-electron chi connectivity index (χ3n) is 4.19. The highest BCUT2D eigenvalue weighted by atomic mass is 35.5. The van der Waals surface area contributed by atoms with Gasteiger partial charge in [-0.2, -0.15) is 0 Å². The second-order valence-corrected chi connectivity index (χ2v) is 7.54. The van der Waals surface area contributed by atoms with E-state index in [0.717, 1.165) is 17.1 Å². The highest BCUT2D eigenvalue weighted by Crippen LogP contribution is 2.37. The number of benzene rings is 2. The molecule has 27 heavy (non-hydrogen) atoms. The number of aromatic nitrogens is 1. The Kier molecular flexibility index (Phi) is 4.82. The summed E-state index contributed by atoms with van der Waals surface area (Å²) in [4.78, 5) is 18.3. The first-order chi connectivity index (χ1) is 13.0. The van der Waals surface area contributed by atoms with E-state index in [0.29, 0.717) is 21.4 Å². The SMILES string of the molecule is CN(C(=O)Nc1ccc2c(c1)NC(c1cscn1)N2)c1ccc(Cl)cc1Cl. The van der Waals surface area contributed by atoms with Crippen LogP contribution in [0, 0.1) is 0 Å². The summed E-state index contributed by atoms with van der Waals surface area (Å²) >= 11 is 13.6. The first-order valence-corrected chi connectivity index (χ1v) is 9.76. The molecule has 9 heteroatoms. The Morgan fingerprint density at radius 1 is 1.19 bits per heavy atom. The fourth-order valence-electron chi connectivity index (χ4n) is 2.80. The van der Waals surface area contributed by atoms with E-state index in [-0.39, 0.29) is 12.2 Å². The van der Waals surface area contributed by atoms with E-state index in [9.17, 15) is 4.79 Å². The van der Waals surface area contributed by atoms with Gasteiger partial charge >= 0.3 is 6.03 Å². The van der Waals surface area contributed by atoms with Crippen LogP contribution in [0.1, 0.15) is 11.9 Å². The van der Waals surface area contributed by atoms with Crippen molar-refractivity contribution in [2.45, 2.75) is 6.17 Å². The van der Waals surface area contributed by atoms with Crippen LogP contribution in [-0.4, -0.2) is 18.1 Å². The maximum absolute atomic E-state index is 12.6. The van der Waals surface area contributed by atoms with E-state index in [2.05, 4.69) is 20.9 Å². The highest BCUT2D eigenvalue weighted by Gasteiger charge is 2.23. The summed E-state index contributed by atoms with van der Waals surface area (Å²) in [6.45, 7) is 0. The zero-order valence-corrected chi connectivity index (χ0v) is 16.5. The number of nitrogens with one attached hydrogen (secondary N) is 3. The van der Waals surface area contributed by atoms with Crippen LogP contribution in [0.3, 0.4) is 0 Å². The molecule has 1 unspecified atom stereocenters. The number of hydrogen-bond donors (Lipinski definition) is 3. The lowest BCUT2D eigenvalue weighted by Crippen LogP contribution is -2.31. The number of nitrogens with zero attached hydrogens (tertiary/aromatic N) is 2. The van der Waals surface area contributed by atoms with Crippen LogP contribution < -0.4 is 20.9 Å². The molecule has 138 valence electrons. The number of thiazole rings is 1. The van der Waals surface area contributed by atoms with Gasteiger partial charge in [-0.15, -0.1) is 11.3 Å². The van der Waals surface area contributed by atoms with Gasteiger partial charge in [0.25, 0.3) is 0 Å². The molecule has 1 aromatic heterocycles. The number of amides is 2. The van der Waals surface area contributed by atoms with E-state index in [1.165, 1.54) is 4.90 Å². The molecule has 3 N–H and O–H groups in total. The summed E-state index contributed by atoms with van der Waals surface area (Å²) in [6.07, 6.45) is -0.0762. The number of rotatable bonds is 3. The molecule has 0 aliphatic carbocycles. The molecule has 1 aliphatic heterocycles. The largest absolute Gasteiger partial charge is 0.359 e. The average Bonchev–Trinajstić information content (AvgIpc) is 3.30. The Labute approximate surface area is 170 Å². The minimum Gasteiger partial charge on any atom is -0.359 e. The van der Waals surface area contributed by atoms with Crippen LogP contribution in [0.25, 0.3) is 0 Å². The zero-order valence-electron chi connectivity index (χ0n) is 14.2. The Bertz CT molecular complexity index is 995. The molecular formula is C18H15Cl2N5OS. The van der Waals surface area contributed by atoms with E-state index in [1.54, 1.807) is 42.1 Å². The van der Waals surface area contributed by atoms with Gasteiger partial charge in [-0.3, -0.25) is 4.90 Å². The van der Waals surface area contributed by atoms with Crippen molar-refractivity contribution in [1.29, 1.82) is 0 Å². The van der Waals surface area contributed by atoms with Gasteiger partial charge in [0.2, 0.25) is 0 Å². The van der Waals surface area contributed by atoms with Crippen molar-refractivity contribution in [2.24, 2.45) is 0 Å². The summed E-state index contributed by atoms with van der Waals surface area (Å²) in [7, 11) is 1.65. The van der Waals surface area contributed by atoms with Gasteiger partial charge in [0, 0.05) is 23.1 Å². The molecule has 0 fully saturated rings. The minimum atomic E-state index is -0.304. The fourth-order valence-corrected chi connectivity index (χ4v) is 3.91. The van der Waals surface area contributed by atoms with Crippen molar-refractivity contribution in [1.82, 2.24) is 4.98 Å². The fraction of sp³-hybridized carbons (Fsp3) is 0.111. The van der Waals surface area contributed by atoms with Crippen molar-refractivity contribution >= 4 is 63.3 Å². The lowest BCUT2D eigenvalue weighted by Gasteiger charge is -2.19. The number of carbonyl (C=O) groups excluding carboxylic acids is 1. The van der Waals surface area contributed by atoms with Crippen LogP contribution in [0.15, 0.2) is 47.3 Å². The predicted octanol–water partition coefficient (Wildman–Crippen LogP) is 5.65.